The van der Waals surface area contributed by atoms with E-state index in [4.69, 9.17) is 4.42 Å². The Kier molecular flexibility index (Phi) is 6.04. The summed E-state index contributed by atoms with van der Waals surface area (Å²) in [5, 5.41) is 4.78. The van der Waals surface area contributed by atoms with Crippen LogP contribution in [-0.4, -0.2) is 11.4 Å². The summed E-state index contributed by atoms with van der Waals surface area (Å²) in [5.41, 5.74) is 17.2. The van der Waals surface area contributed by atoms with E-state index in [-0.39, 0.29) is 6.85 Å². The average molecular weight is 690 g/mol. The first-order valence-corrected chi connectivity index (χ1v) is 18.6. The molecule has 4 nitrogen and oxygen atoms in total. The van der Waals surface area contributed by atoms with Crippen LogP contribution in [0.1, 0.15) is 5.56 Å². The topological polar surface area (TPSA) is 24.6 Å². The predicted molar refractivity (Wildman–Crippen MR) is 227 cm³/mol. The normalized spacial score (nSPS) is 12.8. The molecule has 54 heavy (non-hydrogen) atoms. The van der Waals surface area contributed by atoms with Crippen LogP contribution in [0.2, 0.25) is 0 Å². The van der Waals surface area contributed by atoms with Crippen molar-refractivity contribution in [2.75, 3.05) is 9.71 Å². The van der Waals surface area contributed by atoms with Gasteiger partial charge in [0, 0.05) is 61.2 Å². The molecule has 8 aromatic carbocycles. The van der Waals surface area contributed by atoms with Gasteiger partial charge in [0.1, 0.15) is 11.2 Å². The third-order valence-corrected chi connectivity index (χ3v) is 11.7. The van der Waals surface area contributed by atoms with E-state index in [1.165, 1.54) is 55.2 Å². The van der Waals surface area contributed by atoms with Gasteiger partial charge in [-0.3, -0.25) is 0 Å². The number of para-hydroxylation sites is 6. The lowest BCUT2D eigenvalue weighted by Gasteiger charge is -2.43. The van der Waals surface area contributed by atoms with E-state index >= 15 is 0 Å². The number of rotatable bonds is 4. The van der Waals surface area contributed by atoms with Crippen LogP contribution < -0.4 is 20.6 Å². The van der Waals surface area contributed by atoms with Crippen LogP contribution >= 0.6 is 0 Å². The van der Waals surface area contributed by atoms with Crippen LogP contribution in [0.15, 0.2) is 180 Å². The fourth-order valence-electron chi connectivity index (χ4n) is 9.45. The van der Waals surface area contributed by atoms with Crippen molar-refractivity contribution in [3.63, 3.8) is 0 Å². The van der Waals surface area contributed by atoms with Gasteiger partial charge in [0.2, 0.25) is 0 Å². The number of hydrogen-bond acceptors (Lipinski definition) is 3. The molecule has 0 aliphatic carbocycles. The minimum atomic E-state index is -0.0816. The lowest BCUT2D eigenvalue weighted by atomic mass is 9.44. The molecule has 0 saturated carbocycles. The third-order valence-electron chi connectivity index (χ3n) is 11.7. The SMILES string of the molecule is Cc1ccccc1N1B2c3c(cc(N(c4ccccc4)c4ccccc4)cc3-n3c4ccccc4c4cccc2c43)-c2c1ccc1c2oc2ccccc21. The van der Waals surface area contributed by atoms with Crippen molar-refractivity contribution in [1.29, 1.82) is 0 Å². The maximum atomic E-state index is 6.95. The van der Waals surface area contributed by atoms with Crippen molar-refractivity contribution < 1.29 is 4.42 Å². The molecule has 0 amide bonds. The first-order valence-electron chi connectivity index (χ1n) is 18.6. The second kappa shape index (κ2) is 11.0. The highest BCUT2D eigenvalue weighted by Gasteiger charge is 2.45. The molecule has 2 aliphatic heterocycles. The zero-order valence-electron chi connectivity index (χ0n) is 29.6. The van der Waals surface area contributed by atoms with E-state index in [1.807, 2.05) is 0 Å². The summed E-state index contributed by atoms with van der Waals surface area (Å²) < 4.78 is 9.49. The van der Waals surface area contributed by atoms with Crippen molar-refractivity contribution in [3.05, 3.63) is 181 Å². The molecule has 0 N–H and O–H groups in total. The predicted octanol–water partition coefficient (Wildman–Crippen LogP) is 11.7. The quantitative estimate of drug-likeness (QED) is 0.172. The molecular formula is C49H32BN3O. The minimum Gasteiger partial charge on any atom is -0.455 e. The first-order chi connectivity index (χ1) is 26.7. The van der Waals surface area contributed by atoms with E-state index in [2.05, 4.69) is 197 Å². The maximum absolute atomic E-state index is 6.95. The molecule has 0 atom stereocenters. The Morgan fingerprint density at radius 3 is 2.00 bits per heavy atom. The number of benzene rings is 8. The van der Waals surface area contributed by atoms with E-state index in [9.17, 15) is 0 Å². The molecule has 5 heteroatoms. The molecule has 252 valence electrons. The summed E-state index contributed by atoms with van der Waals surface area (Å²) >= 11 is 0. The fraction of sp³-hybridized carbons (Fsp3) is 0.0204. The number of anilines is 5. The zero-order chi connectivity index (χ0) is 35.5. The van der Waals surface area contributed by atoms with E-state index in [0.29, 0.717) is 0 Å². The molecular weight excluding hydrogens is 657 g/mol. The van der Waals surface area contributed by atoms with Gasteiger partial charge in [-0.1, -0.05) is 109 Å². The molecule has 12 rings (SSSR count). The number of aromatic nitrogens is 1. The van der Waals surface area contributed by atoms with Gasteiger partial charge in [-0.15, -0.1) is 0 Å². The molecule has 0 unspecified atom stereocenters. The van der Waals surface area contributed by atoms with Gasteiger partial charge in [0.25, 0.3) is 0 Å². The number of fused-ring (bicyclic) bond motifs is 11. The number of aryl methyl sites for hydroxylation is 1. The van der Waals surface area contributed by atoms with Crippen LogP contribution in [0.4, 0.5) is 28.4 Å². The van der Waals surface area contributed by atoms with Crippen LogP contribution in [0.5, 0.6) is 0 Å². The Hall–Kier alpha value is -6.98. The highest BCUT2D eigenvalue weighted by Crippen LogP contribution is 2.50. The smallest absolute Gasteiger partial charge is 0.333 e. The Morgan fingerprint density at radius 2 is 1.20 bits per heavy atom. The Labute approximate surface area is 312 Å². The van der Waals surface area contributed by atoms with Gasteiger partial charge < -0.3 is 18.7 Å². The van der Waals surface area contributed by atoms with Crippen LogP contribution in [0, 0.1) is 6.92 Å². The molecule has 2 aliphatic rings. The zero-order valence-corrected chi connectivity index (χ0v) is 29.6. The van der Waals surface area contributed by atoms with E-state index < -0.39 is 0 Å². The maximum Gasteiger partial charge on any atom is 0.333 e. The summed E-state index contributed by atoms with van der Waals surface area (Å²) in [4.78, 5) is 4.98. The fourth-order valence-corrected chi connectivity index (χ4v) is 9.45. The summed E-state index contributed by atoms with van der Waals surface area (Å²) in [6.07, 6.45) is 0. The summed E-state index contributed by atoms with van der Waals surface area (Å²) in [7, 11) is 0. The van der Waals surface area contributed by atoms with Gasteiger partial charge in [0.05, 0.1) is 11.0 Å². The molecule has 0 radical (unpaired) electrons. The Morgan fingerprint density at radius 1 is 0.519 bits per heavy atom. The number of furan rings is 1. The largest absolute Gasteiger partial charge is 0.455 e. The van der Waals surface area contributed by atoms with Crippen LogP contribution in [0.25, 0.3) is 60.6 Å². The van der Waals surface area contributed by atoms with E-state index in [1.54, 1.807) is 0 Å². The molecule has 0 spiro atoms. The average Bonchev–Trinajstić information content (AvgIpc) is 3.77. The third kappa shape index (κ3) is 3.93. The lowest BCUT2D eigenvalue weighted by molar-refractivity contribution is 0.670. The van der Waals surface area contributed by atoms with Gasteiger partial charge >= 0.3 is 6.85 Å². The van der Waals surface area contributed by atoms with Gasteiger partial charge in [-0.25, -0.2) is 0 Å². The summed E-state index contributed by atoms with van der Waals surface area (Å²) in [6, 6.07) is 63.9. The molecule has 0 fully saturated rings. The van der Waals surface area contributed by atoms with Gasteiger partial charge in [0.15, 0.2) is 0 Å². The minimum absolute atomic E-state index is 0.0816. The van der Waals surface area contributed by atoms with Crippen molar-refractivity contribution in [3.8, 4) is 16.8 Å². The molecule has 2 aromatic heterocycles. The second-order valence-corrected chi connectivity index (χ2v) is 14.5. The summed E-state index contributed by atoms with van der Waals surface area (Å²) in [5.74, 6) is 0. The standard InChI is InChI=1S/C49H32BN3O/c1-31-15-8-11-24-41(31)53-43-28-27-38-36-21-10-13-26-45(36)54-49(38)46(43)39-29-34(51(32-16-4-2-5-17-32)33-18-6-3-7-19-33)30-44-47(39)50(53)40-23-14-22-37-35-20-9-12-25-42(35)52(44)48(37)40/h2-30H,1H3. The summed E-state index contributed by atoms with van der Waals surface area (Å²) in [6.45, 7) is 2.15. The molecule has 4 heterocycles. The molecule has 0 saturated heterocycles. The van der Waals surface area contributed by atoms with Crippen LogP contribution in [0.3, 0.4) is 0 Å². The highest BCUT2D eigenvalue weighted by molar-refractivity contribution is 6.93. The van der Waals surface area contributed by atoms with Crippen molar-refractivity contribution in [2.24, 2.45) is 0 Å². The van der Waals surface area contributed by atoms with Crippen LogP contribution in [-0.2, 0) is 0 Å². The Balaban J connectivity index is 1.29. The van der Waals surface area contributed by atoms with Crippen molar-refractivity contribution in [1.82, 2.24) is 4.57 Å². The molecule has 10 aromatic rings. The first kappa shape index (κ1) is 29.6. The van der Waals surface area contributed by atoms with Crippen molar-refractivity contribution in [2.45, 2.75) is 6.92 Å². The highest BCUT2D eigenvalue weighted by atomic mass is 16.3. The monoisotopic (exact) mass is 689 g/mol. The van der Waals surface area contributed by atoms with Gasteiger partial charge in [-0.2, -0.15) is 0 Å². The lowest BCUT2D eigenvalue weighted by Crippen LogP contribution is -2.60. The molecule has 0 bridgehead atoms. The Bertz CT molecular complexity index is 3110. The van der Waals surface area contributed by atoms with Crippen molar-refractivity contribution >= 4 is 90.0 Å². The number of hydrogen-bond donors (Lipinski definition) is 0. The second-order valence-electron chi connectivity index (χ2n) is 14.5. The number of nitrogens with zero attached hydrogens (tertiary/aromatic N) is 3. The van der Waals surface area contributed by atoms with Gasteiger partial charge in [-0.05, 0) is 95.7 Å². The van der Waals surface area contributed by atoms with E-state index in [0.717, 1.165) is 50.3 Å².